The van der Waals surface area contributed by atoms with Gasteiger partial charge in [0.15, 0.2) is 0 Å². The lowest BCUT2D eigenvalue weighted by atomic mass is 9.93. The Kier molecular flexibility index (Phi) is 4.74. The molecule has 0 aliphatic heterocycles. The zero-order chi connectivity index (χ0) is 18.0. The Morgan fingerprint density at radius 2 is 2.08 bits per heavy atom. The smallest absolute Gasteiger partial charge is 0.319 e. The van der Waals surface area contributed by atoms with Gasteiger partial charge >= 0.3 is 6.03 Å². The molecule has 0 saturated carbocycles. The summed E-state index contributed by atoms with van der Waals surface area (Å²) in [6, 6.07) is 5.26. The second-order valence-corrected chi connectivity index (χ2v) is 6.24. The largest absolute Gasteiger partial charge is 0.469 e. The van der Waals surface area contributed by atoms with Gasteiger partial charge in [0.25, 0.3) is 5.91 Å². The number of amides is 3. The van der Waals surface area contributed by atoms with Crippen molar-refractivity contribution in [1.82, 2.24) is 10.2 Å². The molecular formula is C18H20FN3O3. The van der Waals surface area contributed by atoms with Crippen LogP contribution in [0.2, 0.25) is 0 Å². The Balaban J connectivity index is 1.70. The summed E-state index contributed by atoms with van der Waals surface area (Å²) in [5, 5.41) is 5.55. The van der Waals surface area contributed by atoms with Gasteiger partial charge in [-0.05, 0) is 37.1 Å². The minimum absolute atomic E-state index is 0.0856. The number of carbonyl (C=O) groups excluding carboxylic acids is 2. The number of nitrogens with zero attached hydrogens (tertiary/aromatic N) is 1. The van der Waals surface area contributed by atoms with E-state index >= 15 is 0 Å². The van der Waals surface area contributed by atoms with Gasteiger partial charge in [0.1, 0.15) is 11.6 Å². The van der Waals surface area contributed by atoms with Crippen molar-refractivity contribution in [2.75, 3.05) is 19.4 Å². The predicted molar refractivity (Wildman–Crippen MR) is 91.0 cm³/mol. The zero-order valence-electron chi connectivity index (χ0n) is 14.1. The van der Waals surface area contributed by atoms with Gasteiger partial charge < -0.3 is 20.0 Å². The van der Waals surface area contributed by atoms with Crippen molar-refractivity contribution >= 4 is 17.6 Å². The number of aryl methyl sites for hydroxylation is 1. The van der Waals surface area contributed by atoms with E-state index in [4.69, 9.17) is 4.42 Å². The van der Waals surface area contributed by atoms with E-state index < -0.39 is 17.8 Å². The van der Waals surface area contributed by atoms with Crippen molar-refractivity contribution in [3.8, 4) is 0 Å². The summed E-state index contributed by atoms with van der Waals surface area (Å²) in [5.74, 6) is -0.186. The topological polar surface area (TPSA) is 74.6 Å². The molecule has 2 N–H and O–H groups in total. The van der Waals surface area contributed by atoms with Gasteiger partial charge in [0.05, 0.1) is 17.9 Å². The maximum Gasteiger partial charge on any atom is 0.319 e. The SMILES string of the molecule is CN(C)C(=O)c1cc(NC(=O)NC2CCCc3occc32)ccc1F. The van der Waals surface area contributed by atoms with Crippen molar-refractivity contribution in [3.63, 3.8) is 0 Å². The summed E-state index contributed by atoms with van der Waals surface area (Å²) in [5.41, 5.74) is 1.26. The number of anilines is 1. The molecule has 1 aromatic carbocycles. The van der Waals surface area contributed by atoms with Crippen molar-refractivity contribution in [3.05, 3.63) is 53.2 Å². The molecule has 3 amide bonds. The number of hydrogen-bond acceptors (Lipinski definition) is 3. The van der Waals surface area contributed by atoms with Crippen LogP contribution in [-0.4, -0.2) is 30.9 Å². The maximum atomic E-state index is 13.8. The molecule has 6 nitrogen and oxygen atoms in total. The highest BCUT2D eigenvalue weighted by Gasteiger charge is 2.24. The fourth-order valence-electron chi connectivity index (χ4n) is 2.97. The Bertz CT molecular complexity index is 801. The summed E-state index contributed by atoms with van der Waals surface area (Å²) in [4.78, 5) is 25.5. The van der Waals surface area contributed by atoms with Crippen molar-refractivity contribution < 1.29 is 18.4 Å². The molecule has 0 saturated heterocycles. The van der Waals surface area contributed by atoms with Gasteiger partial charge in [0, 0.05) is 31.8 Å². The number of furan rings is 1. The molecule has 1 aliphatic carbocycles. The first kappa shape index (κ1) is 17.0. The lowest BCUT2D eigenvalue weighted by molar-refractivity contribution is 0.0823. The molecule has 0 bridgehead atoms. The van der Waals surface area contributed by atoms with Gasteiger partial charge in [-0.15, -0.1) is 0 Å². The molecule has 0 spiro atoms. The summed E-state index contributed by atoms with van der Waals surface area (Å²) < 4.78 is 19.2. The van der Waals surface area contributed by atoms with Crippen molar-refractivity contribution in [1.29, 1.82) is 0 Å². The highest BCUT2D eigenvalue weighted by Crippen LogP contribution is 2.30. The van der Waals surface area contributed by atoms with Crippen molar-refractivity contribution in [2.24, 2.45) is 0 Å². The van der Waals surface area contributed by atoms with Crippen LogP contribution in [0, 0.1) is 5.82 Å². The number of urea groups is 1. The van der Waals surface area contributed by atoms with E-state index in [1.165, 1.54) is 23.1 Å². The molecule has 1 unspecified atom stereocenters. The molecule has 1 heterocycles. The first-order chi connectivity index (χ1) is 12.0. The second-order valence-electron chi connectivity index (χ2n) is 6.24. The minimum atomic E-state index is -0.625. The molecule has 0 radical (unpaired) electrons. The fraction of sp³-hybridized carbons (Fsp3) is 0.333. The zero-order valence-corrected chi connectivity index (χ0v) is 14.1. The summed E-state index contributed by atoms with van der Waals surface area (Å²) in [6.07, 6.45) is 4.26. The third-order valence-corrected chi connectivity index (χ3v) is 4.22. The van der Waals surface area contributed by atoms with Crippen LogP contribution in [0.25, 0.3) is 0 Å². The van der Waals surface area contributed by atoms with E-state index in [0.29, 0.717) is 5.69 Å². The molecule has 1 aromatic heterocycles. The Morgan fingerprint density at radius 1 is 1.28 bits per heavy atom. The maximum absolute atomic E-state index is 13.8. The van der Waals surface area contributed by atoms with Gasteiger partial charge in [-0.25, -0.2) is 9.18 Å². The van der Waals surface area contributed by atoms with Crippen LogP contribution in [0.1, 0.15) is 40.6 Å². The van der Waals surface area contributed by atoms with Crippen LogP contribution in [0.4, 0.5) is 14.9 Å². The Morgan fingerprint density at radius 3 is 2.84 bits per heavy atom. The highest BCUT2D eigenvalue weighted by atomic mass is 19.1. The van der Waals surface area contributed by atoms with E-state index in [1.54, 1.807) is 20.4 Å². The normalized spacial score (nSPS) is 16.0. The van der Waals surface area contributed by atoms with Gasteiger partial charge in [-0.1, -0.05) is 0 Å². The lowest BCUT2D eigenvalue weighted by Crippen LogP contribution is -2.34. The van der Waals surface area contributed by atoms with E-state index in [-0.39, 0.29) is 11.6 Å². The molecule has 1 aliphatic rings. The summed E-state index contributed by atoms with van der Waals surface area (Å²) in [7, 11) is 3.08. The molecule has 1 atom stereocenters. The van der Waals surface area contributed by atoms with E-state index in [0.717, 1.165) is 30.6 Å². The summed E-state index contributed by atoms with van der Waals surface area (Å²) in [6.45, 7) is 0. The van der Waals surface area contributed by atoms with Gasteiger partial charge in [0.2, 0.25) is 0 Å². The summed E-state index contributed by atoms with van der Waals surface area (Å²) >= 11 is 0. The number of rotatable bonds is 3. The molecule has 3 rings (SSSR count). The predicted octanol–water partition coefficient (Wildman–Crippen LogP) is 3.32. The minimum Gasteiger partial charge on any atom is -0.469 e. The third kappa shape index (κ3) is 3.65. The van der Waals surface area contributed by atoms with E-state index in [2.05, 4.69) is 10.6 Å². The quantitative estimate of drug-likeness (QED) is 0.896. The first-order valence-corrected chi connectivity index (χ1v) is 8.10. The highest BCUT2D eigenvalue weighted by molar-refractivity contribution is 5.97. The fourth-order valence-corrected chi connectivity index (χ4v) is 2.97. The number of fused-ring (bicyclic) bond motifs is 1. The Hall–Kier alpha value is -2.83. The van der Waals surface area contributed by atoms with Crippen LogP contribution >= 0.6 is 0 Å². The average molecular weight is 345 g/mol. The first-order valence-electron chi connectivity index (χ1n) is 8.10. The molecule has 132 valence electrons. The van der Waals surface area contributed by atoms with E-state index in [9.17, 15) is 14.0 Å². The lowest BCUT2D eigenvalue weighted by Gasteiger charge is -2.23. The number of nitrogens with one attached hydrogen (secondary N) is 2. The molecule has 2 aromatic rings. The van der Waals surface area contributed by atoms with Gasteiger partial charge in [-0.3, -0.25) is 4.79 Å². The van der Waals surface area contributed by atoms with Gasteiger partial charge in [-0.2, -0.15) is 0 Å². The molecule has 7 heteroatoms. The van der Waals surface area contributed by atoms with Crippen LogP contribution in [0.5, 0.6) is 0 Å². The molecular weight excluding hydrogens is 325 g/mol. The standard InChI is InChI=1S/C18H20FN3O3/c1-22(2)17(23)13-10-11(6-7-14(13)19)20-18(24)21-15-4-3-5-16-12(15)8-9-25-16/h6-10,15H,3-5H2,1-2H3,(H2,20,21,24). The molecule has 25 heavy (non-hydrogen) atoms. The number of carbonyl (C=O) groups is 2. The second kappa shape index (κ2) is 6.96. The number of benzene rings is 1. The van der Waals surface area contributed by atoms with Crippen molar-refractivity contribution in [2.45, 2.75) is 25.3 Å². The Labute approximate surface area is 145 Å². The van der Waals surface area contributed by atoms with Crippen LogP contribution in [0.15, 0.2) is 34.9 Å². The van der Waals surface area contributed by atoms with Crippen LogP contribution in [-0.2, 0) is 6.42 Å². The van der Waals surface area contributed by atoms with Crippen LogP contribution < -0.4 is 10.6 Å². The molecule has 0 fully saturated rings. The number of halogens is 1. The number of hydrogen-bond donors (Lipinski definition) is 2. The van der Waals surface area contributed by atoms with Crippen LogP contribution in [0.3, 0.4) is 0 Å². The third-order valence-electron chi connectivity index (χ3n) is 4.22. The average Bonchev–Trinajstić information content (AvgIpc) is 3.05. The monoisotopic (exact) mass is 345 g/mol. The van der Waals surface area contributed by atoms with E-state index in [1.807, 2.05) is 6.07 Å².